The zero-order valence-electron chi connectivity index (χ0n) is 8.74. The standard InChI is InChI=1S/C12H10Cl2N2/c1-2-10-11(15-7-16-12(10)14)8-3-5-9(13)6-4-8/h3-7H,2H2,1H3. The molecule has 0 bridgehead atoms. The van der Waals surface area contributed by atoms with Crippen LogP contribution >= 0.6 is 23.2 Å². The summed E-state index contributed by atoms with van der Waals surface area (Å²) in [6.45, 7) is 2.03. The molecule has 0 aliphatic heterocycles. The summed E-state index contributed by atoms with van der Waals surface area (Å²) in [6, 6.07) is 7.54. The summed E-state index contributed by atoms with van der Waals surface area (Å²) in [5.41, 5.74) is 2.84. The zero-order chi connectivity index (χ0) is 11.5. The molecule has 0 saturated carbocycles. The molecule has 0 N–H and O–H groups in total. The molecule has 0 unspecified atom stereocenters. The van der Waals surface area contributed by atoms with E-state index in [-0.39, 0.29) is 0 Å². The molecule has 0 fully saturated rings. The van der Waals surface area contributed by atoms with Crippen molar-refractivity contribution >= 4 is 23.2 Å². The van der Waals surface area contributed by atoms with Gasteiger partial charge >= 0.3 is 0 Å². The predicted molar refractivity (Wildman–Crippen MR) is 66.9 cm³/mol. The van der Waals surface area contributed by atoms with Gasteiger partial charge in [0.2, 0.25) is 0 Å². The fraction of sp³-hybridized carbons (Fsp3) is 0.167. The number of nitrogens with zero attached hydrogens (tertiary/aromatic N) is 2. The van der Waals surface area contributed by atoms with Crippen LogP contribution < -0.4 is 0 Å². The first-order valence-corrected chi connectivity index (χ1v) is 5.73. The molecule has 0 saturated heterocycles. The van der Waals surface area contributed by atoms with Crippen LogP contribution in [0.1, 0.15) is 12.5 Å². The molecule has 0 atom stereocenters. The molecule has 1 heterocycles. The molecule has 2 rings (SSSR count). The topological polar surface area (TPSA) is 25.8 Å². The highest BCUT2D eigenvalue weighted by molar-refractivity contribution is 6.31. The summed E-state index contributed by atoms with van der Waals surface area (Å²) in [5, 5.41) is 1.23. The van der Waals surface area contributed by atoms with Crippen LogP contribution in [-0.4, -0.2) is 9.97 Å². The highest BCUT2D eigenvalue weighted by atomic mass is 35.5. The van der Waals surface area contributed by atoms with Crippen molar-refractivity contribution in [3.63, 3.8) is 0 Å². The Balaban J connectivity index is 2.55. The third-order valence-corrected chi connectivity index (χ3v) is 2.94. The molecule has 0 spiro atoms. The molecule has 0 radical (unpaired) electrons. The van der Waals surface area contributed by atoms with Crippen LogP contribution in [0.4, 0.5) is 0 Å². The molecule has 0 aliphatic rings. The summed E-state index contributed by atoms with van der Waals surface area (Å²) in [7, 11) is 0. The molecule has 16 heavy (non-hydrogen) atoms. The molecule has 1 aromatic carbocycles. The lowest BCUT2D eigenvalue weighted by Crippen LogP contribution is -1.95. The normalized spacial score (nSPS) is 10.4. The maximum atomic E-state index is 6.03. The van der Waals surface area contributed by atoms with Gasteiger partial charge in [-0.25, -0.2) is 9.97 Å². The Hall–Kier alpha value is -1.12. The second-order valence-electron chi connectivity index (χ2n) is 3.35. The number of rotatable bonds is 2. The van der Waals surface area contributed by atoms with Crippen molar-refractivity contribution in [1.82, 2.24) is 9.97 Å². The van der Waals surface area contributed by atoms with E-state index < -0.39 is 0 Å². The Bertz CT molecular complexity index is 495. The molecule has 1 aromatic heterocycles. The third-order valence-electron chi connectivity index (χ3n) is 2.36. The van der Waals surface area contributed by atoms with E-state index in [1.807, 2.05) is 31.2 Å². The Kier molecular flexibility index (Phi) is 3.42. The van der Waals surface area contributed by atoms with Gasteiger partial charge in [0.05, 0.1) is 5.69 Å². The van der Waals surface area contributed by atoms with Gasteiger partial charge in [-0.3, -0.25) is 0 Å². The van der Waals surface area contributed by atoms with Gasteiger partial charge in [0.25, 0.3) is 0 Å². The molecule has 2 aromatic rings. The highest BCUT2D eigenvalue weighted by Gasteiger charge is 2.09. The predicted octanol–water partition coefficient (Wildman–Crippen LogP) is 4.01. The summed E-state index contributed by atoms with van der Waals surface area (Å²) < 4.78 is 0. The maximum Gasteiger partial charge on any atom is 0.136 e. The van der Waals surface area contributed by atoms with Crippen molar-refractivity contribution in [2.24, 2.45) is 0 Å². The van der Waals surface area contributed by atoms with E-state index in [4.69, 9.17) is 23.2 Å². The van der Waals surface area contributed by atoms with E-state index in [1.165, 1.54) is 6.33 Å². The smallest absolute Gasteiger partial charge is 0.136 e. The van der Waals surface area contributed by atoms with E-state index in [9.17, 15) is 0 Å². The number of hydrogen-bond acceptors (Lipinski definition) is 2. The van der Waals surface area contributed by atoms with Crippen molar-refractivity contribution in [2.45, 2.75) is 13.3 Å². The minimum absolute atomic E-state index is 0.516. The van der Waals surface area contributed by atoms with Gasteiger partial charge in [-0.15, -0.1) is 0 Å². The lowest BCUT2D eigenvalue weighted by molar-refractivity contribution is 1.05. The lowest BCUT2D eigenvalue weighted by atomic mass is 10.1. The maximum absolute atomic E-state index is 6.03. The van der Waals surface area contributed by atoms with Gasteiger partial charge in [-0.2, -0.15) is 0 Å². The van der Waals surface area contributed by atoms with Crippen LogP contribution in [-0.2, 0) is 6.42 Å². The van der Waals surface area contributed by atoms with Crippen molar-refractivity contribution in [3.8, 4) is 11.3 Å². The zero-order valence-corrected chi connectivity index (χ0v) is 10.3. The molecule has 0 amide bonds. The van der Waals surface area contributed by atoms with Gasteiger partial charge in [0, 0.05) is 16.1 Å². The second kappa shape index (κ2) is 4.81. The first-order valence-electron chi connectivity index (χ1n) is 4.97. The molecular weight excluding hydrogens is 243 g/mol. The fourth-order valence-corrected chi connectivity index (χ4v) is 1.95. The SMILES string of the molecule is CCc1c(Cl)ncnc1-c1ccc(Cl)cc1. The van der Waals surface area contributed by atoms with E-state index in [0.29, 0.717) is 10.2 Å². The summed E-state index contributed by atoms with van der Waals surface area (Å²) in [6.07, 6.45) is 2.28. The number of hydrogen-bond donors (Lipinski definition) is 0. The Morgan fingerprint density at radius 1 is 1.06 bits per heavy atom. The van der Waals surface area contributed by atoms with E-state index in [0.717, 1.165) is 23.2 Å². The quantitative estimate of drug-likeness (QED) is 0.755. The Morgan fingerprint density at radius 2 is 1.75 bits per heavy atom. The third kappa shape index (κ3) is 2.18. The number of benzene rings is 1. The van der Waals surface area contributed by atoms with E-state index >= 15 is 0 Å². The number of aromatic nitrogens is 2. The average Bonchev–Trinajstić information content (AvgIpc) is 2.30. The summed E-state index contributed by atoms with van der Waals surface area (Å²) in [4.78, 5) is 8.25. The Labute approximate surface area is 104 Å². The van der Waals surface area contributed by atoms with E-state index in [2.05, 4.69) is 9.97 Å². The van der Waals surface area contributed by atoms with Crippen LogP contribution in [0.25, 0.3) is 11.3 Å². The van der Waals surface area contributed by atoms with Crippen molar-refractivity contribution in [2.75, 3.05) is 0 Å². The first-order chi connectivity index (χ1) is 7.72. The van der Waals surface area contributed by atoms with Gasteiger partial charge in [-0.05, 0) is 18.6 Å². The van der Waals surface area contributed by atoms with Crippen LogP contribution in [0.2, 0.25) is 10.2 Å². The molecule has 2 nitrogen and oxygen atoms in total. The first kappa shape index (κ1) is 11.4. The van der Waals surface area contributed by atoms with Gasteiger partial charge in [0.15, 0.2) is 0 Å². The molecule has 4 heteroatoms. The van der Waals surface area contributed by atoms with Crippen LogP contribution in [0.5, 0.6) is 0 Å². The second-order valence-corrected chi connectivity index (χ2v) is 4.15. The molecule has 82 valence electrons. The number of halogens is 2. The highest BCUT2D eigenvalue weighted by Crippen LogP contribution is 2.26. The minimum atomic E-state index is 0.516. The largest absolute Gasteiger partial charge is 0.236 e. The summed E-state index contributed by atoms with van der Waals surface area (Å²) in [5.74, 6) is 0. The fourth-order valence-electron chi connectivity index (χ4n) is 1.56. The molecule has 0 aliphatic carbocycles. The van der Waals surface area contributed by atoms with Crippen LogP contribution in [0, 0.1) is 0 Å². The van der Waals surface area contributed by atoms with Crippen molar-refractivity contribution in [1.29, 1.82) is 0 Å². The lowest BCUT2D eigenvalue weighted by Gasteiger charge is -2.07. The van der Waals surface area contributed by atoms with Crippen molar-refractivity contribution in [3.05, 3.63) is 46.3 Å². The van der Waals surface area contributed by atoms with Crippen LogP contribution in [0.15, 0.2) is 30.6 Å². The summed E-state index contributed by atoms with van der Waals surface area (Å²) >= 11 is 11.9. The van der Waals surface area contributed by atoms with Gasteiger partial charge in [0.1, 0.15) is 11.5 Å². The van der Waals surface area contributed by atoms with Gasteiger partial charge in [-0.1, -0.05) is 42.3 Å². The average molecular weight is 253 g/mol. The Morgan fingerprint density at radius 3 is 2.38 bits per heavy atom. The minimum Gasteiger partial charge on any atom is -0.236 e. The van der Waals surface area contributed by atoms with Crippen molar-refractivity contribution < 1.29 is 0 Å². The van der Waals surface area contributed by atoms with Crippen LogP contribution in [0.3, 0.4) is 0 Å². The van der Waals surface area contributed by atoms with E-state index in [1.54, 1.807) is 0 Å². The molecular formula is C12H10Cl2N2. The monoisotopic (exact) mass is 252 g/mol. The van der Waals surface area contributed by atoms with Gasteiger partial charge < -0.3 is 0 Å².